The molecule has 0 aliphatic carbocycles. The number of amides is 2. The maximum absolute atomic E-state index is 10.7. The zero-order valence-corrected chi connectivity index (χ0v) is 10.4. The van der Waals surface area contributed by atoms with E-state index < -0.39 is 41.9 Å². The summed E-state index contributed by atoms with van der Waals surface area (Å²) >= 11 is 0. The van der Waals surface area contributed by atoms with Crippen molar-refractivity contribution in [2.45, 2.75) is 13.8 Å². The molecule has 0 saturated carbocycles. The number of rotatable bonds is 8. The van der Waals surface area contributed by atoms with Crippen LogP contribution in [0.15, 0.2) is 0 Å². The van der Waals surface area contributed by atoms with E-state index in [0.717, 1.165) is 13.8 Å². The molecule has 0 spiro atoms. The summed E-state index contributed by atoms with van der Waals surface area (Å²) in [5.74, 6) is -1.03. The summed E-state index contributed by atoms with van der Waals surface area (Å²) in [4.78, 5) is 42.6. The van der Waals surface area contributed by atoms with E-state index in [1.165, 1.54) is 0 Å². The van der Waals surface area contributed by atoms with Gasteiger partial charge in [0.2, 0.25) is 18.5 Å². The molecule has 12 heteroatoms. The first-order valence-corrected chi connectivity index (χ1v) is 5.01. The van der Waals surface area contributed by atoms with Crippen molar-refractivity contribution in [3.63, 3.8) is 0 Å². The molecule has 0 rings (SSSR count). The maximum atomic E-state index is 10.7. The van der Waals surface area contributed by atoms with Crippen molar-refractivity contribution in [3.05, 3.63) is 20.2 Å². The molecule has 0 aromatic carbocycles. The molecule has 0 saturated heterocycles. The van der Waals surface area contributed by atoms with Crippen molar-refractivity contribution >= 4 is 11.8 Å². The molecule has 0 aliphatic rings. The second-order valence-electron chi connectivity index (χ2n) is 3.41. The second kappa shape index (κ2) is 7.62. The van der Waals surface area contributed by atoms with Crippen molar-refractivity contribution in [3.8, 4) is 0 Å². The van der Waals surface area contributed by atoms with Crippen molar-refractivity contribution < 1.29 is 19.7 Å². The lowest BCUT2D eigenvalue weighted by molar-refractivity contribution is -0.712. The summed E-state index contributed by atoms with van der Waals surface area (Å²) in [5.41, 5.74) is 0. The average Bonchev–Trinajstić information content (AvgIpc) is 2.26. The van der Waals surface area contributed by atoms with Gasteiger partial charge >= 0.3 is 0 Å². The largest absolute Gasteiger partial charge is 0.334 e. The SMILES string of the molecule is CC(=O)NCN(CN(CNC(C)=O)[N+](=O)[O-])[N+](=O)[O-]. The summed E-state index contributed by atoms with van der Waals surface area (Å²) in [7, 11) is 0. The van der Waals surface area contributed by atoms with Crippen LogP contribution in [0.5, 0.6) is 0 Å². The predicted molar refractivity (Wildman–Crippen MR) is 59.9 cm³/mol. The van der Waals surface area contributed by atoms with Crippen LogP contribution in [-0.2, 0) is 9.59 Å². The minimum Gasteiger partial charge on any atom is -0.334 e. The van der Waals surface area contributed by atoms with E-state index in [1.54, 1.807) is 0 Å². The van der Waals surface area contributed by atoms with E-state index in [4.69, 9.17) is 0 Å². The van der Waals surface area contributed by atoms with E-state index in [9.17, 15) is 29.8 Å². The van der Waals surface area contributed by atoms with Crippen LogP contribution in [0.4, 0.5) is 0 Å². The quantitative estimate of drug-likeness (QED) is 0.297. The zero-order chi connectivity index (χ0) is 15.0. The highest BCUT2D eigenvalue weighted by molar-refractivity contribution is 5.72. The van der Waals surface area contributed by atoms with E-state index in [-0.39, 0.29) is 0 Å². The first-order chi connectivity index (χ1) is 8.73. The van der Waals surface area contributed by atoms with Gasteiger partial charge in [0.05, 0.1) is 0 Å². The summed E-state index contributed by atoms with van der Waals surface area (Å²) in [6.45, 7) is 0.613. The van der Waals surface area contributed by atoms with Gasteiger partial charge in [0.25, 0.3) is 0 Å². The minimum absolute atomic E-state index is 0.423. The smallest absolute Gasteiger partial charge is 0.218 e. The first-order valence-electron chi connectivity index (χ1n) is 5.01. The minimum atomic E-state index is -0.889. The molecule has 2 N–H and O–H groups in total. The third-order valence-electron chi connectivity index (χ3n) is 1.81. The molecule has 0 aromatic rings. The van der Waals surface area contributed by atoms with Gasteiger partial charge in [-0.1, -0.05) is 10.0 Å². The fraction of sp³-hybridized carbons (Fsp3) is 0.714. The predicted octanol–water partition coefficient (Wildman–Crippen LogP) is -1.88. The number of hydrogen-bond acceptors (Lipinski definition) is 6. The maximum Gasteiger partial charge on any atom is 0.218 e. The average molecular weight is 278 g/mol. The molecular weight excluding hydrogens is 264 g/mol. The van der Waals surface area contributed by atoms with E-state index in [0.29, 0.717) is 10.0 Å². The molecule has 0 aromatic heterocycles. The van der Waals surface area contributed by atoms with Crippen LogP contribution in [0.25, 0.3) is 0 Å². The highest BCUT2D eigenvalue weighted by Gasteiger charge is 2.25. The van der Waals surface area contributed by atoms with Crippen LogP contribution in [0.2, 0.25) is 0 Å². The van der Waals surface area contributed by atoms with Crippen molar-refractivity contribution in [1.29, 1.82) is 0 Å². The van der Waals surface area contributed by atoms with Crippen LogP contribution in [0, 0.1) is 20.2 Å². The number of nitrogens with zero attached hydrogens (tertiary/aromatic N) is 4. The lowest BCUT2D eigenvalue weighted by Gasteiger charge is -2.19. The highest BCUT2D eigenvalue weighted by Crippen LogP contribution is 1.93. The molecule has 0 aliphatic heterocycles. The normalized spacial score (nSPS) is 9.37. The Bertz CT molecular complexity index is 339. The van der Waals surface area contributed by atoms with Crippen LogP contribution < -0.4 is 10.6 Å². The Morgan fingerprint density at radius 3 is 1.47 bits per heavy atom. The number of nitrogens with one attached hydrogen (secondary N) is 2. The Morgan fingerprint density at radius 1 is 0.947 bits per heavy atom. The van der Waals surface area contributed by atoms with Gasteiger partial charge in [-0.3, -0.25) is 9.59 Å². The summed E-state index contributed by atoms with van der Waals surface area (Å²) in [5, 5.41) is 24.7. The summed E-state index contributed by atoms with van der Waals surface area (Å²) < 4.78 is 0. The fourth-order valence-corrected chi connectivity index (χ4v) is 0.912. The van der Waals surface area contributed by atoms with Crippen LogP contribution >= 0.6 is 0 Å². The van der Waals surface area contributed by atoms with Gasteiger partial charge < -0.3 is 10.6 Å². The van der Waals surface area contributed by atoms with Gasteiger partial charge in [-0.05, 0) is 0 Å². The van der Waals surface area contributed by atoms with E-state index in [2.05, 4.69) is 10.6 Å². The Labute approximate surface area is 107 Å². The van der Waals surface area contributed by atoms with Gasteiger partial charge in [-0.2, -0.15) is 0 Å². The monoisotopic (exact) mass is 278 g/mol. The third kappa shape index (κ3) is 7.30. The molecule has 108 valence electrons. The zero-order valence-electron chi connectivity index (χ0n) is 10.4. The molecule has 0 radical (unpaired) electrons. The van der Waals surface area contributed by atoms with Gasteiger partial charge in [-0.15, -0.1) is 0 Å². The fourth-order valence-electron chi connectivity index (χ4n) is 0.912. The van der Waals surface area contributed by atoms with Gasteiger partial charge in [0.1, 0.15) is 0 Å². The topological polar surface area (TPSA) is 151 Å². The first kappa shape index (κ1) is 16.3. The molecule has 0 atom stereocenters. The third-order valence-corrected chi connectivity index (χ3v) is 1.81. The number of hydrazine groups is 2. The number of hydrogen-bond donors (Lipinski definition) is 2. The highest BCUT2D eigenvalue weighted by atomic mass is 16.7. The standard InChI is InChI=1S/C7H14N6O6/c1-6(14)8-3-10(12(16)17)5-11(13(18)19)4-9-7(2)15/h3-5H2,1-2H3,(H,8,14)(H,9,15). The van der Waals surface area contributed by atoms with Crippen LogP contribution in [0.1, 0.15) is 13.8 Å². The summed E-state index contributed by atoms with van der Waals surface area (Å²) in [6, 6.07) is 0. The lowest BCUT2D eigenvalue weighted by atomic mass is 10.7. The molecule has 0 unspecified atom stereocenters. The van der Waals surface area contributed by atoms with E-state index in [1.807, 2.05) is 0 Å². The molecule has 2 amide bonds. The molecule has 12 nitrogen and oxygen atoms in total. The Morgan fingerprint density at radius 2 is 1.26 bits per heavy atom. The number of carbonyl (C=O) groups excluding carboxylic acids is 2. The van der Waals surface area contributed by atoms with Crippen molar-refractivity contribution in [2.75, 3.05) is 20.0 Å². The van der Waals surface area contributed by atoms with Crippen LogP contribution in [-0.4, -0.2) is 51.9 Å². The Balaban J connectivity index is 4.56. The van der Waals surface area contributed by atoms with Crippen molar-refractivity contribution in [2.24, 2.45) is 0 Å². The van der Waals surface area contributed by atoms with Crippen molar-refractivity contribution in [1.82, 2.24) is 20.7 Å². The number of nitro groups is 2. The molecule has 0 heterocycles. The lowest BCUT2D eigenvalue weighted by Crippen LogP contribution is -2.51. The summed E-state index contributed by atoms with van der Waals surface area (Å²) in [6.07, 6.45) is 0. The molecule has 19 heavy (non-hydrogen) atoms. The Kier molecular flexibility index (Phi) is 6.56. The van der Waals surface area contributed by atoms with Gasteiger partial charge in [0.15, 0.2) is 23.4 Å². The molecule has 0 fully saturated rings. The Hall–Kier alpha value is -2.66. The van der Waals surface area contributed by atoms with Crippen LogP contribution in [0.3, 0.4) is 0 Å². The second-order valence-corrected chi connectivity index (χ2v) is 3.41. The molecular formula is C7H14N6O6. The van der Waals surface area contributed by atoms with E-state index >= 15 is 0 Å². The van der Waals surface area contributed by atoms with Gasteiger partial charge in [0, 0.05) is 13.8 Å². The number of carbonyl (C=O) groups is 2. The molecule has 0 bridgehead atoms. The van der Waals surface area contributed by atoms with Gasteiger partial charge in [-0.25, -0.2) is 20.2 Å².